The van der Waals surface area contributed by atoms with Crippen molar-refractivity contribution in [3.8, 4) is 0 Å². The first-order valence-electron chi connectivity index (χ1n) is 7.39. The summed E-state index contributed by atoms with van der Waals surface area (Å²) in [5.74, 6) is 6.40. The largest absolute Gasteiger partial charge is 0.373 e. The Kier molecular flexibility index (Phi) is 4.05. The van der Waals surface area contributed by atoms with E-state index >= 15 is 0 Å². The third kappa shape index (κ3) is 3.15. The Morgan fingerprint density at radius 2 is 2.00 bits per heavy atom. The quantitative estimate of drug-likeness (QED) is 0.668. The predicted molar refractivity (Wildman–Crippen MR) is 84.8 cm³/mol. The molecule has 2 aromatic rings. The normalized spacial score (nSPS) is 23.4. The highest BCUT2D eigenvalue weighted by Gasteiger charge is 2.23. The number of hydrogen-bond acceptors (Lipinski definition) is 5. The summed E-state index contributed by atoms with van der Waals surface area (Å²) in [6, 6.07) is 10.3. The van der Waals surface area contributed by atoms with E-state index in [4.69, 9.17) is 10.6 Å². The van der Waals surface area contributed by atoms with Crippen molar-refractivity contribution in [2.75, 3.05) is 18.5 Å². The van der Waals surface area contributed by atoms with Gasteiger partial charge in [-0.05, 0) is 26.0 Å². The number of benzene rings is 1. The lowest BCUT2D eigenvalue weighted by molar-refractivity contribution is -0.0704. The van der Waals surface area contributed by atoms with Gasteiger partial charge in [0.1, 0.15) is 5.82 Å². The molecule has 0 amide bonds. The van der Waals surface area contributed by atoms with Gasteiger partial charge >= 0.3 is 0 Å². The van der Waals surface area contributed by atoms with Crippen LogP contribution in [0.4, 0.5) is 5.82 Å². The molecular formula is C16H22N4O. The highest BCUT2D eigenvalue weighted by Crippen LogP contribution is 2.22. The first kappa shape index (κ1) is 14.3. The molecule has 0 radical (unpaired) electrons. The molecular weight excluding hydrogens is 264 g/mol. The number of ether oxygens (including phenoxy) is 1. The van der Waals surface area contributed by atoms with E-state index in [0.717, 1.165) is 41.9 Å². The van der Waals surface area contributed by atoms with Crippen LogP contribution in [0.15, 0.2) is 30.3 Å². The van der Waals surface area contributed by atoms with Crippen molar-refractivity contribution in [1.82, 2.24) is 9.88 Å². The van der Waals surface area contributed by atoms with Crippen molar-refractivity contribution in [3.63, 3.8) is 0 Å². The molecule has 1 aliphatic heterocycles. The molecule has 1 fully saturated rings. The predicted octanol–water partition coefficient (Wildman–Crippen LogP) is 2.13. The van der Waals surface area contributed by atoms with E-state index in [9.17, 15) is 0 Å². The Bertz CT molecular complexity index is 621. The Morgan fingerprint density at radius 1 is 1.29 bits per heavy atom. The number of para-hydroxylation sites is 1. The van der Waals surface area contributed by atoms with Crippen LogP contribution in [0.25, 0.3) is 10.9 Å². The molecule has 21 heavy (non-hydrogen) atoms. The second-order valence-corrected chi connectivity index (χ2v) is 5.78. The first-order chi connectivity index (χ1) is 10.2. The lowest BCUT2D eigenvalue weighted by Crippen LogP contribution is -2.44. The summed E-state index contributed by atoms with van der Waals surface area (Å²) in [5.41, 5.74) is 4.81. The Labute approximate surface area is 125 Å². The van der Waals surface area contributed by atoms with Crippen LogP contribution in [-0.2, 0) is 11.3 Å². The number of hydrazine groups is 1. The number of nitrogens with two attached hydrogens (primary N) is 1. The van der Waals surface area contributed by atoms with E-state index in [1.165, 1.54) is 0 Å². The third-order valence-electron chi connectivity index (χ3n) is 3.83. The Morgan fingerprint density at radius 3 is 2.71 bits per heavy atom. The summed E-state index contributed by atoms with van der Waals surface area (Å²) in [6.45, 7) is 6.92. The number of nitrogens with zero attached hydrogens (tertiary/aromatic N) is 2. The van der Waals surface area contributed by atoms with Gasteiger partial charge in [0.25, 0.3) is 0 Å². The minimum Gasteiger partial charge on any atom is -0.373 e. The minimum absolute atomic E-state index is 0.261. The molecule has 5 nitrogen and oxygen atoms in total. The zero-order chi connectivity index (χ0) is 14.8. The molecule has 1 aromatic heterocycles. The van der Waals surface area contributed by atoms with Crippen LogP contribution < -0.4 is 11.3 Å². The van der Waals surface area contributed by atoms with Gasteiger partial charge in [0.05, 0.1) is 17.7 Å². The maximum Gasteiger partial charge on any atom is 0.145 e. The number of anilines is 1. The summed E-state index contributed by atoms with van der Waals surface area (Å²) in [6.07, 6.45) is 0.521. The van der Waals surface area contributed by atoms with Crippen molar-refractivity contribution in [1.29, 1.82) is 0 Å². The summed E-state index contributed by atoms with van der Waals surface area (Å²) < 4.78 is 5.78. The molecule has 1 aliphatic rings. The standard InChI is InChI=1S/C16H22N4O/c1-11-8-20(9-12(2)21-11)10-14-7-13-5-3-4-6-15(13)18-16(14)19-17/h3-7,11-12H,8-10,17H2,1-2H3,(H,18,19). The minimum atomic E-state index is 0.261. The second kappa shape index (κ2) is 5.97. The second-order valence-electron chi connectivity index (χ2n) is 5.78. The third-order valence-corrected chi connectivity index (χ3v) is 3.83. The van der Waals surface area contributed by atoms with Crippen LogP contribution in [0, 0.1) is 0 Å². The lowest BCUT2D eigenvalue weighted by Gasteiger charge is -2.35. The van der Waals surface area contributed by atoms with E-state index in [1.807, 2.05) is 18.2 Å². The summed E-state index contributed by atoms with van der Waals surface area (Å²) in [4.78, 5) is 7.00. The lowest BCUT2D eigenvalue weighted by atomic mass is 10.1. The van der Waals surface area contributed by atoms with Crippen LogP contribution in [0.1, 0.15) is 19.4 Å². The van der Waals surface area contributed by atoms with Crippen LogP contribution in [0.5, 0.6) is 0 Å². The van der Waals surface area contributed by atoms with Gasteiger partial charge < -0.3 is 10.2 Å². The van der Waals surface area contributed by atoms with Crippen LogP contribution in [0.3, 0.4) is 0 Å². The number of fused-ring (bicyclic) bond motifs is 1. The van der Waals surface area contributed by atoms with Gasteiger partial charge in [0, 0.05) is 30.6 Å². The van der Waals surface area contributed by atoms with Crippen molar-refractivity contribution in [3.05, 3.63) is 35.9 Å². The van der Waals surface area contributed by atoms with Gasteiger partial charge in [-0.25, -0.2) is 10.8 Å². The molecule has 0 bridgehead atoms. The monoisotopic (exact) mass is 286 g/mol. The number of rotatable bonds is 3. The van der Waals surface area contributed by atoms with Gasteiger partial charge in [0.2, 0.25) is 0 Å². The van der Waals surface area contributed by atoms with E-state index in [0.29, 0.717) is 0 Å². The summed E-state index contributed by atoms with van der Waals surface area (Å²) in [7, 11) is 0. The fourth-order valence-corrected chi connectivity index (χ4v) is 3.06. The molecule has 3 rings (SSSR count). The molecule has 0 saturated carbocycles. The smallest absolute Gasteiger partial charge is 0.145 e. The van der Waals surface area contributed by atoms with E-state index in [2.05, 4.69) is 41.3 Å². The molecule has 0 aliphatic carbocycles. The molecule has 3 N–H and O–H groups in total. The Hall–Kier alpha value is -1.69. The molecule has 1 aromatic carbocycles. The van der Waals surface area contributed by atoms with E-state index in [1.54, 1.807) is 0 Å². The van der Waals surface area contributed by atoms with Gasteiger partial charge in [-0.3, -0.25) is 4.90 Å². The molecule has 2 unspecified atom stereocenters. The summed E-state index contributed by atoms with van der Waals surface area (Å²) in [5, 5.41) is 1.14. The van der Waals surface area contributed by atoms with Crippen molar-refractivity contribution in [2.45, 2.75) is 32.6 Å². The number of hydrogen-bond donors (Lipinski definition) is 2. The van der Waals surface area contributed by atoms with Crippen molar-refractivity contribution < 1.29 is 4.74 Å². The number of nitrogen functional groups attached to an aromatic ring is 1. The molecule has 5 heteroatoms. The molecule has 112 valence electrons. The average Bonchev–Trinajstić information content (AvgIpc) is 2.45. The van der Waals surface area contributed by atoms with E-state index in [-0.39, 0.29) is 12.2 Å². The van der Waals surface area contributed by atoms with Gasteiger partial charge in [-0.1, -0.05) is 18.2 Å². The number of pyridine rings is 1. The van der Waals surface area contributed by atoms with Crippen LogP contribution >= 0.6 is 0 Å². The van der Waals surface area contributed by atoms with E-state index < -0.39 is 0 Å². The SMILES string of the molecule is CC1CN(Cc2cc3ccccc3nc2NN)CC(C)O1. The average molecular weight is 286 g/mol. The van der Waals surface area contributed by atoms with Crippen LogP contribution in [-0.4, -0.2) is 35.2 Å². The van der Waals surface area contributed by atoms with Crippen molar-refractivity contribution >= 4 is 16.7 Å². The number of aromatic nitrogens is 1. The zero-order valence-electron chi connectivity index (χ0n) is 12.5. The first-order valence-corrected chi connectivity index (χ1v) is 7.39. The number of morpholine rings is 1. The maximum absolute atomic E-state index is 5.78. The van der Waals surface area contributed by atoms with Gasteiger partial charge in [-0.15, -0.1) is 0 Å². The highest BCUT2D eigenvalue weighted by atomic mass is 16.5. The fraction of sp³-hybridized carbons (Fsp3) is 0.438. The summed E-state index contributed by atoms with van der Waals surface area (Å²) >= 11 is 0. The molecule has 0 spiro atoms. The van der Waals surface area contributed by atoms with Crippen molar-refractivity contribution in [2.24, 2.45) is 5.84 Å². The molecule has 2 heterocycles. The molecule has 1 saturated heterocycles. The van der Waals surface area contributed by atoms with Gasteiger partial charge in [-0.2, -0.15) is 0 Å². The Balaban J connectivity index is 1.88. The fourth-order valence-electron chi connectivity index (χ4n) is 3.06. The number of nitrogens with one attached hydrogen (secondary N) is 1. The van der Waals surface area contributed by atoms with Crippen LogP contribution in [0.2, 0.25) is 0 Å². The molecule has 2 atom stereocenters. The topological polar surface area (TPSA) is 63.4 Å². The van der Waals surface area contributed by atoms with Gasteiger partial charge in [0.15, 0.2) is 0 Å². The maximum atomic E-state index is 5.78. The zero-order valence-corrected chi connectivity index (χ0v) is 12.5. The highest BCUT2D eigenvalue weighted by molar-refractivity contribution is 5.81.